The standard InChI is InChI=1S/C20H20N4O2/c1-12-4-3-5-16(10-12)19(25)22-13(2)20-23-18(24-26-20)15-8-9-21-17(11-15)14-6-7-14/h3-5,8-11,13-14H,6-7H2,1-2H3,(H,22,25). The van der Waals surface area contributed by atoms with Crippen LogP contribution in [0.2, 0.25) is 0 Å². The molecule has 1 aliphatic rings. The smallest absolute Gasteiger partial charge is 0.251 e. The minimum absolute atomic E-state index is 0.166. The fourth-order valence-corrected chi connectivity index (χ4v) is 2.85. The molecule has 26 heavy (non-hydrogen) atoms. The van der Waals surface area contributed by atoms with Crippen LogP contribution in [0, 0.1) is 6.92 Å². The van der Waals surface area contributed by atoms with Crippen LogP contribution in [-0.4, -0.2) is 21.0 Å². The van der Waals surface area contributed by atoms with Crippen LogP contribution in [0.15, 0.2) is 47.1 Å². The van der Waals surface area contributed by atoms with Gasteiger partial charge in [-0.1, -0.05) is 22.9 Å². The number of benzene rings is 1. The van der Waals surface area contributed by atoms with E-state index in [2.05, 4.69) is 20.4 Å². The van der Waals surface area contributed by atoms with Gasteiger partial charge in [0.1, 0.15) is 6.04 Å². The molecule has 1 aromatic carbocycles. The van der Waals surface area contributed by atoms with Gasteiger partial charge in [-0.2, -0.15) is 4.98 Å². The third kappa shape index (κ3) is 3.49. The lowest BCUT2D eigenvalue weighted by molar-refractivity contribution is 0.0932. The summed E-state index contributed by atoms with van der Waals surface area (Å²) in [5.41, 5.74) is 3.61. The molecule has 3 aromatic rings. The summed E-state index contributed by atoms with van der Waals surface area (Å²) in [5.74, 6) is 1.29. The van der Waals surface area contributed by atoms with Crippen molar-refractivity contribution in [2.24, 2.45) is 0 Å². The molecule has 0 radical (unpaired) electrons. The van der Waals surface area contributed by atoms with Crippen LogP contribution in [0.3, 0.4) is 0 Å². The van der Waals surface area contributed by atoms with Crippen molar-refractivity contribution in [1.82, 2.24) is 20.4 Å². The van der Waals surface area contributed by atoms with Crippen molar-refractivity contribution < 1.29 is 9.32 Å². The van der Waals surface area contributed by atoms with Gasteiger partial charge in [-0.25, -0.2) is 0 Å². The molecule has 1 fully saturated rings. The van der Waals surface area contributed by atoms with Crippen molar-refractivity contribution in [3.8, 4) is 11.4 Å². The summed E-state index contributed by atoms with van der Waals surface area (Å²) in [7, 11) is 0. The number of amides is 1. The Bertz CT molecular complexity index is 946. The number of pyridine rings is 1. The third-order valence-corrected chi connectivity index (χ3v) is 4.47. The Morgan fingerprint density at radius 2 is 2.12 bits per heavy atom. The Balaban J connectivity index is 1.48. The molecule has 0 saturated heterocycles. The second-order valence-corrected chi connectivity index (χ2v) is 6.76. The van der Waals surface area contributed by atoms with E-state index in [4.69, 9.17) is 4.52 Å². The molecule has 0 bridgehead atoms. The van der Waals surface area contributed by atoms with E-state index in [0.29, 0.717) is 23.2 Å². The highest BCUT2D eigenvalue weighted by molar-refractivity contribution is 5.94. The summed E-state index contributed by atoms with van der Waals surface area (Å²) in [5, 5.41) is 6.95. The zero-order valence-corrected chi connectivity index (χ0v) is 14.8. The monoisotopic (exact) mass is 348 g/mol. The van der Waals surface area contributed by atoms with Crippen LogP contribution < -0.4 is 5.32 Å². The average molecular weight is 348 g/mol. The Morgan fingerprint density at radius 3 is 2.88 bits per heavy atom. The molecule has 1 amide bonds. The zero-order valence-electron chi connectivity index (χ0n) is 14.8. The first-order valence-electron chi connectivity index (χ1n) is 8.77. The van der Waals surface area contributed by atoms with Gasteiger partial charge in [0.2, 0.25) is 11.7 Å². The van der Waals surface area contributed by atoms with Crippen LogP contribution in [-0.2, 0) is 0 Å². The first-order valence-corrected chi connectivity index (χ1v) is 8.77. The predicted octanol–water partition coefficient (Wildman–Crippen LogP) is 3.81. The number of nitrogens with zero attached hydrogens (tertiary/aromatic N) is 3. The normalized spacial score (nSPS) is 14.8. The first kappa shape index (κ1) is 16.4. The largest absolute Gasteiger partial charge is 0.341 e. The Hall–Kier alpha value is -3.02. The van der Waals surface area contributed by atoms with Crippen LogP contribution in [0.4, 0.5) is 0 Å². The molecule has 0 aliphatic heterocycles. The van der Waals surface area contributed by atoms with Crippen molar-refractivity contribution in [2.75, 3.05) is 0 Å². The molecule has 1 aliphatic carbocycles. The Kier molecular flexibility index (Phi) is 4.24. The lowest BCUT2D eigenvalue weighted by Gasteiger charge is -2.10. The van der Waals surface area contributed by atoms with E-state index in [9.17, 15) is 4.79 Å². The molecular weight excluding hydrogens is 328 g/mol. The van der Waals surface area contributed by atoms with E-state index in [0.717, 1.165) is 16.8 Å². The van der Waals surface area contributed by atoms with Gasteiger partial charge in [0.15, 0.2) is 0 Å². The fraction of sp³-hybridized carbons (Fsp3) is 0.300. The molecule has 132 valence electrons. The van der Waals surface area contributed by atoms with E-state index in [1.54, 1.807) is 12.3 Å². The van der Waals surface area contributed by atoms with Gasteiger partial charge in [0.25, 0.3) is 5.91 Å². The minimum atomic E-state index is -0.381. The van der Waals surface area contributed by atoms with Gasteiger partial charge in [-0.15, -0.1) is 0 Å². The van der Waals surface area contributed by atoms with Crippen molar-refractivity contribution in [1.29, 1.82) is 0 Å². The maximum absolute atomic E-state index is 12.4. The third-order valence-electron chi connectivity index (χ3n) is 4.47. The average Bonchev–Trinajstić information content (AvgIpc) is 3.38. The number of aromatic nitrogens is 3. The Labute approximate surface area is 151 Å². The van der Waals surface area contributed by atoms with Crippen LogP contribution in [0.5, 0.6) is 0 Å². The number of rotatable bonds is 5. The van der Waals surface area contributed by atoms with Gasteiger partial charge < -0.3 is 9.84 Å². The van der Waals surface area contributed by atoms with E-state index < -0.39 is 0 Å². The summed E-state index contributed by atoms with van der Waals surface area (Å²) < 4.78 is 5.36. The number of hydrogen-bond donors (Lipinski definition) is 1. The topological polar surface area (TPSA) is 80.9 Å². The van der Waals surface area contributed by atoms with Crippen molar-refractivity contribution in [3.05, 3.63) is 65.3 Å². The molecule has 0 spiro atoms. The highest BCUT2D eigenvalue weighted by atomic mass is 16.5. The summed E-state index contributed by atoms with van der Waals surface area (Å²) in [4.78, 5) is 21.2. The first-order chi connectivity index (χ1) is 12.6. The summed E-state index contributed by atoms with van der Waals surface area (Å²) >= 11 is 0. The minimum Gasteiger partial charge on any atom is -0.341 e. The van der Waals surface area contributed by atoms with Crippen molar-refractivity contribution >= 4 is 5.91 Å². The molecule has 4 rings (SSSR count). The maximum Gasteiger partial charge on any atom is 0.251 e. The number of nitrogens with one attached hydrogen (secondary N) is 1. The van der Waals surface area contributed by atoms with E-state index in [1.807, 2.05) is 44.2 Å². The van der Waals surface area contributed by atoms with E-state index >= 15 is 0 Å². The van der Waals surface area contributed by atoms with Gasteiger partial charge in [0, 0.05) is 28.9 Å². The van der Waals surface area contributed by atoms with E-state index in [-0.39, 0.29) is 11.9 Å². The van der Waals surface area contributed by atoms with Crippen LogP contribution in [0.25, 0.3) is 11.4 Å². The zero-order chi connectivity index (χ0) is 18.1. The number of carbonyl (C=O) groups is 1. The molecular formula is C20H20N4O2. The molecule has 1 unspecified atom stereocenters. The number of aryl methyl sites for hydroxylation is 1. The predicted molar refractivity (Wildman–Crippen MR) is 96.6 cm³/mol. The molecule has 1 saturated carbocycles. The number of carbonyl (C=O) groups excluding carboxylic acids is 1. The van der Waals surface area contributed by atoms with Crippen molar-refractivity contribution in [2.45, 2.75) is 38.6 Å². The molecule has 6 nitrogen and oxygen atoms in total. The number of hydrogen-bond acceptors (Lipinski definition) is 5. The van der Waals surface area contributed by atoms with Crippen LogP contribution >= 0.6 is 0 Å². The maximum atomic E-state index is 12.4. The second kappa shape index (κ2) is 6.71. The molecule has 2 heterocycles. The molecule has 6 heteroatoms. The van der Waals surface area contributed by atoms with Gasteiger partial charge in [-0.3, -0.25) is 9.78 Å². The Morgan fingerprint density at radius 1 is 1.27 bits per heavy atom. The highest BCUT2D eigenvalue weighted by Crippen LogP contribution is 2.39. The van der Waals surface area contributed by atoms with Gasteiger partial charge >= 0.3 is 0 Å². The molecule has 1 atom stereocenters. The SMILES string of the molecule is Cc1cccc(C(=O)NC(C)c2nc(-c3ccnc(C4CC4)c3)no2)c1. The summed E-state index contributed by atoms with van der Waals surface area (Å²) in [6.45, 7) is 3.78. The fourth-order valence-electron chi connectivity index (χ4n) is 2.85. The van der Waals surface area contributed by atoms with E-state index in [1.165, 1.54) is 12.8 Å². The highest BCUT2D eigenvalue weighted by Gasteiger charge is 2.25. The molecule has 2 aromatic heterocycles. The van der Waals surface area contributed by atoms with Crippen LogP contribution in [0.1, 0.15) is 59.2 Å². The second-order valence-electron chi connectivity index (χ2n) is 6.76. The molecule has 1 N–H and O–H groups in total. The van der Waals surface area contributed by atoms with Gasteiger partial charge in [0.05, 0.1) is 0 Å². The van der Waals surface area contributed by atoms with Gasteiger partial charge in [-0.05, 0) is 51.0 Å². The lowest BCUT2D eigenvalue weighted by Crippen LogP contribution is -2.26. The lowest BCUT2D eigenvalue weighted by atomic mass is 10.1. The summed E-state index contributed by atoms with van der Waals surface area (Å²) in [6.07, 6.45) is 4.16. The quantitative estimate of drug-likeness (QED) is 0.758. The van der Waals surface area contributed by atoms with Crippen molar-refractivity contribution in [3.63, 3.8) is 0 Å². The summed E-state index contributed by atoms with van der Waals surface area (Å²) in [6, 6.07) is 10.9.